The summed E-state index contributed by atoms with van der Waals surface area (Å²) in [5.74, 6) is -0.536. The first-order valence-electron chi connectivity index (χ1n) is 12.0. The Balaban J connectivity index is 1.46. The molecule has 0 fully saturated rings. The van der Waals surface area contributed by atoms with Crippen molar-refractivity contribution in [2.24, 2.45) is 0 Å². The second kappa shape index (κ2) is 10.2. The van der Waals surface area contributed by atoms with E-state index in [1.54, 1.807) is 0 Å². The van der Waals surface area contributed by atoms with Crippen LogP contribution in [0.2, 0.25) is 0 Å². The average Bonchev–Trinajstić information content (AvgIpc) is 3.16. The first-order valence-corrected chi connectivity index (χ1v) is 12.0. The quantitative estimate of drug-likeness (QED) is 0.269. The summed E-state index contributed by atoms with van der Waals surface area (Å²) < 4.78 is 6.66. The summed E-state index contributed by atoms with van der Waals surface area (Å²) in [6.07, 6.45) is 0. The number of benzene rings is 4. The molecule has 1 aliphatic heterocycles. The lowest BCUT2D eigenvalue weighted by molar-refractivity contribution is -0.0990. The molecular formula is C30H27N3O4. The Kier molecular flexibility index (Phi) is 6.62. The van der Waals surface area contributed by atoms with E-state index in [-0.39, 0.29) is 30.2 Å². The maximum absolute atomic E-state index is 12.6. The molecule has 1 aliphatic rings. The third-order valence-electron chi connectivity index (χ3n) is 6.47. The fourth-order valence-corrected chi connectivity index (χ4v) is 4.77. The molecule has 0 saturated carbocycles. The minimum atomic E-state index is -1.07. The molecule has 7 nitrogen and oxygen atoms in total. The lowest BCUT2D eigenvalue weighted by atomic mass is 9.93. The summed E-state index contributed by atoms with van der Waals surface area (Å²) in [7, 11) is 0. The van der Waals surface area contributed by atoms with E-state index in [0.717, 1.165) is 28.3 Å². The highest BCUT2D eigenvalue weighted by atomic mass is 16.5. The summed E-state index contributed by atoms with van der Waals surface area (Å²) in [6, 6.07) is 31.4. The van der Waals surface area contributed by atoms with Gasteiger partial charge in [0.05, 0.1) is 12.2 Å². The van der Waals surface area contributed by atoms with Crippen LogP contribution in [0.5, 0.6) is 11.5 Å². The summed E-state index contributed by atoms with van der Waals surface area (Å²) >= 11 is 0. The lowest BCUT2D eigenvalue weighted by Gasteiger charge is -2.40. The number of ether oxygens (including phenoxy) is 1. The van der Waals surface area contributed by atoms with Crippen LogP contribution in [0.3, 0.4) is 0 Å². The van der Waals surface area contributed by atoms with Gasteiger partial charge in [0.15, 0.2) is 5.72 Å². The SMILES string of the molecule is N=C1c2ccccc2C(OCCNC(=O)c2ccc(O)cc2O)(c2ccccc2)N1Cc1ccccc1. The molecule has 4 N–H and O–H groups in total. The Morgan fingerprint density at radius 3 is 2.30 bits per heavy atom. The highest BCUT2D eigenvalue weighted by Crippen LogP contribution is 2.46. The fraction of sp³-hybridized carbons (Fsp3) is 0.133. The zero-order chi connectivity index (χ0) is 25.8. The van der Waals surface area contributed by atoms with Crippen LogP contribution in [0.4, 0.5) is 0 Å². The van der Waals surface area contributed by atoms with Crippen LogP contribution in [-0.2, 0) is 17.0 Å². The van der Waals surface area contributed by atoms with Gasteiger partial charge in [-0.05, 0) is 17.7 Å². The van der Waals surface area contributed by atoms with E-state index in [1.165, 1.54) is 12.1 Å². The van der Waals surface area contributed by atoms with Crippen LogP contribution in [0, 0.1) is 5.41 Å². The number of amidine groups is 1. The molecule has 0 aliphatic carbocycles. The van der Waals surface area contributed by atoms with E-state index in [2.05, 4.69) is 5.32 Å². The summed E-state index contributed by atoms with van der Waals surface area (Å²) in [6.45, 7) is 0.770. The zero-order valence-electron chi connectivity index (χ0n) is 20.1. The molecule has 37 heavy (non-hydrogen) atoms. The monoisotopic (exact) mass is 493 g/mol. The Labute approximate surface area is 215 Å². The molecule has 0 aromatic heterocycles. The number of fused-ring (bicyclic) bond motifs is 1. The third-order valence-corrected chi connectivity index (χ3v) is 6.47. The number of phenols is 2. The van der Waals surface area contributed by atoms with Gasteiger partial charge in [-0.1, -0.05) is 84.9 Å². The van der Waals surface area contributed by atoms with E-state index >= 15 is 0 Å². The van der Waals surface area contributed by atoms with E-state index in [4.69, 9.17) is 10.1 Å². The van der Waals surface area contributed by atoms with Gasteiger partial charge in [0.1, 0.15) is 17.3 Å². The Morgan fingerprint density at radius 1 is 0.892 bits per heavy atom. The summed E-state index contributed by atoms with van der Waals surface area (Å²) in [5.41, 5.74) is 2.57. The molecule has 0 spiro atoms. The maximum Gasteiger partial charge on any atom is 0.255 e. The molecular weight excluding hydrogens is 466 g/mol. The summed E-state index contributed by atoms with van der Waals surface area (Å²) in [5, 5.41) is 31.3. The minimum absolute atomic E-state index is 0.0641. The van der Waals surface area contributed by atoms with Crippen molar-refractivity contribution in [3.8, 4) is 11.5 Å². The standard InChI is InChI=1S/C30H27N3O4/c31-28-24-13-7-8-14-26(24)30(22-11-5-2-6-12-22,33(28)20-21-9-3-1-4-10-21)37-18-17-32-29(36)25-16-15-23(34)19-27(25)35/h1-16,19,31,34-35H,17-18,20H2,(H,32,36). The normalized spacial score (nSPS) is 16.4. The van der Waals surface area contributed by atoms with Gasteiger partial charge < -0.3 is 25.2 Å². The third kappa shape index (κ3) is 4.52. The van der Waals surface area contributed by atoms with Crippen molar-refractivity contribution in [2.75, 3.05) is 13.2 Å². The first kappa shape index (κ1) is 24.1. The number of nitrogens with one attached hydrogen (secondary N) is 2. The number of hydrogen-bond acceptors (Lipinski definition) is 5. The van der Waals surface area contributed by atoms with Crippen LogP contribution >= 0.6 is 0 Å². The molecule has 186 valence electrons. The Bertz CT molecular complexity index is 1430. The van der Waals surface area contributed by atoms with Crippen molar-refractivity contribution in [1.82, 2.24) is 10.2 Å². The second-order valence-corrected chi connectivity index (χ2v) is 8.78. The highest BCUT2D eigenvalue weighted by Gasteiger charge is 2.50. The topological polar surface area (TPSA) is 106 Å². The van der Waals surface area contributed by atoms with Crippen LogP contribution in [-0.4, -0.2) is 40.0 Å². The largest absolute Gasteiger partial charge is 0.508 e. The van der Waals surface area contributed by atoms with Crippen LogP contribution in [0.15, 0.2) is 103 Å². The van der Waals surface area contributed by atoms with E-state index in [1.807, 2.05) is 89.8 Å². The number of carbonyl (C=O) groups is 1. The maximum atomic E-state index is 12.6. The number of rotatable bonds is 8. The van der Waals surface area contributed by atoms with Gasteiger partial charge in [-0.3, -0.25) is 10.2 Å². The number of amides is 1. The van der Waals surface area contributed by atoms with Crippen molar-refractivity contribution in [2.45, 2.75) is 12.3 Å². The molecule has 1 atom stereocenters. The molecule has 4 aromatic rings. The van der Waals surface area contributed by atoms with Gasteiger partial charge >= 0.3 is 0 Å². The fourth-order valence-electron chi connectivity index (χ4n) is 4.77. The van der Waals surface area contributed by atoms with Crippen molar-refractivity contribution in [3.63, 3.8) is 0 Å². The second-order valence-electron chi connectivity index (χ2n) is 8.78. The molecule has 0 radical (unpaired) electrons. The van der Waals surface area contributed by atoms with Crippen LogP contribution in [0.25, 0.3) is 0 Å². The molecule has 7 heteroatoms. The molecule has 5 rings (SSSR count). The van der Waals surface area contributed by atoms with Crippen molar-refractivity contribution < 1.29 is 19.7 Å². The lowest BCUT2D eigenvalue weighted by Crippen LogP contribution is -2.47. The van der Waals surface area contributed by atoms with Gasteiger partial charge in [-0.15, -0.1) is 0 Å². The summed E-state index contributed by atoms with van der Waals surface area (Å²) in [4.78, 5) is 14.6. The number of carbonyl (C=O) groups excluding carboxylic acids is 1. The molecule has 1 unspecified atom stereocenters. The molecule has 0 bridgehead atoms. The van der Waals surface area contributed by atoms with Gasteiger partial charge in [0, 0.05) is 35.8 Å². The van der Waals surface area contributed by atoms with Gasteiger partial charge in [-0.25, -0.2) is 0 Å². The molecule has 0 saturated heterocycles. The van der Waals surface area contributed by atoms with Crippen molar-refractivity contribution >= 4 is 11.7 Å². The predicted molar refractivity (Wildman–Crippen MR) is 141 cm³/mol. The zero-order valence-corrected chi connectivity index (χ0v) is 20.1. The molecule has 1 heterocycles. The Hall–Kier alpha value is -4.62. The smallest absolute Gasteiger partial charge is 0.255 e. The van der Waals surface area contributed by atoms with Crippen LogP contribution in [0.1, 0.15) is 32.6 Å². The van der Waals surface area contributed by atoms with Crippen LogP contribution < -0.4 is 5.32 Å². The number of nitrogens with zero attached hydrogens (tertiary/aromatic N) is 1. The van der Waals surface area contributed by atoms with Crippen molar-refractivity contribution in [1.29, 1.82) is 5.41 Å². The Morgan fingerprint density at radius 2 is 1.57 bits per heavy atom. The van der Waals surface area contributed by atoms with Gasteiger partial charge in [-0.2, -0.15) is 0 Å². The number of phenolic OH excluding ortho intramolecular Hbond substituents is 2. The minimum Gasteiger partial charge on any atom is -0.508 e. The van der Waals surface area contributed by atoms with E-state index in [9.17, 15) is 15.0 Å². The molecule has 4 aromatic carbocycles. The van der Waals surface area contributed by atoms with Crippen molar-refractivity contribution in [3.05, 3.63) is 131 Å². The van der Waals surface area contributed by atoms with E-state index in [0.29, 0.717) is 12.4 Å². The average molecular weight is 494 g/mol. The number of aromatic hydroxyl groups is 2. The predicted octanol–water partition coefficient (Wildman–Crippen LogP) is 4.59. The van der Waals surface area contributed by atoms with Gasteiger partial charge in [0.25, 0.3) is 5.91 Å². The highest BCUT2D eigenvalue weighted by molar-refractivity contribution is 6.02. The van der Waals surface area contributed by atoms with Gasteiger partial charge in [0.2, 0.25) is 0 Å². The van der Waals surface area contributed by atoms with E-state index < -0.39 is 11.6 Å². The molecule has 1 amide bonds. The first-order chi connectivity index (χ1) is 18.0. The number of hydrogen-bond donors (Lipinski definition) is 4.